The third-order valence-electron chi connectivity index (χ3n) is 5.46. The van der Waals surface area contributed by atoms with E-state index in [1.165, 1.54) is 5.56 Å². The Labute approximate surface area is 170 Å². The molecule has 0 spiro atoms. The van der Waals surface area contributed by atoms with Gasteiger partial charge in [0.25, 0.3) is 0 Å². The zero-order valence-electron chi connectivity index (χ0n) is 16.6. The number of fused-ring (bicyclic) bond motifs is 1. The molecule has 6 nitrogen and oxygen atoms in total. The summed E-state index contributed by atoms with van der Waals surface area (Å²) >= 11 is 0. The van der Waals surface area contributed by atoms with Gasteiger partial charge in [0.15, 0.2) is 0 Å². The second-order valence-corrected chi connectivity index (χ2v) is 7.63. The van der Waals surface area contributed by atoms with Crippen molar-refractivity contribution in [3.63, 3.8) is 0 Å². The zero-order valence-corrected chi connectivity index (χ0v) is 16.6. The third kappa shape index (κ3) is 4.72. The molecule has 2 heterocycles. The highest BCUT2D eigenvalue weighted by Crippen LogP contribution is 2.28. The average Bonchev–Trinajstić information content (AvgIpc) is 2.73. The van der Waals surface area contributed by atoms with Crippen LogP contribution in [0.4, 0.5) is 5.69 Å². The fourth-order valence-corrected chi connectivity index (χ4v) is 3.75. The summed E-state index contributed by atoms with van der Waals surface area (Å²) in [6.07, 6.45) is 3.58. The SMILES string of the molecule is Cc1ccc(NC(=O)CN2CCN(Cc3c(O)ccc4ccncc34)CC2)cc1. The maximum atomic E-state index is 12.3. The van der Waals surface area contributed by atoms with Crippen molar-refractivity contribution in [2.24, 2.45) is 0 Å². The number of aryl methyl sites for hydroxylation is 1. The molecule has 150 valence electrons. The summed E-state index contributed by atoms with van der Waals surface area (Å²) in [5.74, 6) is 0.325. The van der Waals surface area contributed by atoms with E-state index in [0.29, 0.717) is 18.8 Å². The van der Waals surface area contributed by atoms with Crippen LogP contribution < -0.4 is 5.32 Å². The van der Waals surface area contributed by atoms with Crippen LogP contribution in [0.5, 0.6) is 5.75 Å². The van der Waals surface area contributed by atoms with Gasteiger partial charge in [-0.05, 0) is 36.6 Å². The molecular weight excluding hydrogens is 364 g/mol. The summed E-state index contributed by atoms with van der Waals surface area (Å²) in [6, 6.07) is 13.5. The van der Waals surface area contributed by atoms with Crippen molar-refractivity contribution >= 4 is 22.4 Å². The molecule has 1 aliphatic rings. The van der Waals surface area contributed by atoms with Gasteiger partial charge in [-0.25, -0.2) is 0 Å². The number of nitrogens with one attached hydrogen (secondary N) is 1. The molecule has 0 aliphatic carbocycles. The van der Waals surface area contributed by atoms with Crippen molar-refractivity contribution < 1.29 is 9.90 Å². The number of aromatic nitrogens is 1. The lowest BCUT2D eigenvalue weighted by Gasteiger charge is -2.34. The molecular formula is C23H26N4O2. The van der Waals surface area contributed by atoms with Crippen LogP contribution in [-0.4, -0.2) is 58.5 Å². The van der Waals surface area contributed by atoms with Crippen LogP contribution in [0.1, 0.15) is 11.1 Å². The first kappa shape index (κ1) is 19.4. The summed E-state index contributed by atoms with van der Waals surface area (Å²) in [4.78, 5) is 21.0. The van der Waals surface area contributed by atoms with Crippen LogP contribution in [0, 0.1) is 6.92 Å². The van der Waals surface area contributed by atoms with Gasteiger partial charge in [-0.15, -0.1) is 0 Å². The molecule has 1 saturated heterocycles. The summed E-state index contributed by atoms with van der Waals surface area (Å²) in [5.41, 5.74) is 2.92. The molecule has 29 heavy (non-hydrogen) atoms. The van der Waals surface area contributed by atoms with Crippen LogP contribution in [-0.2, 0) is 11.3 Å². The van der Waals surface area contributed by atoms with E-state index < -0.39 is 0 Å². The van der Waals surface area contributed by atoms with Crippen LogP contribution in [0.25, 0.3) is 10.8 Å². The van der Waals surface area contributed by atoms with Crippen LogP contribution >= 0.6 is 0 Å². The number of carbonyl (C=O) groups is 1. The number of carbonyl (C=O) groups excluding carboxylic acids is 1. The number of rotatable bonds is 5. The van der Waals surface area contributed by atoms with Crippen molar-refractivity contribution in [3.05, 3.63) is 66.0 Å². The quantitative estimate of drug-likeness (QED) is 0.701. The normalized spacial score (nSPS) is 15.5. The van der Waals surface area contributed by atoms with Crippen LogP contribution in [0.3, 0.4) is 0 Å². The number of hydrogen-bond acceptors (Lipinski definition) is 5. The number of hydrogen-bond donors (Lipinski definition) is 2. The molecule has 2 aromatic carbocycles. The first-order valence-corrected chi connectivity index (χ1v) is 9.94. The van der Waals surface area contributed by atoms with Crippen molar-refractivity contribution in [2.75, 3.05) is 38.0 Å². The largest absolute Gasteiger partial charge is 0.508 e. The number of nitrogens with zero attached hydrogens (tertiary/aromatic N) is 3. The lowest BCUT2D eigenvalue weighted by molar-refractivity contribution is -0.117. The van der Waals surface area contributed by atoms with E-state index in [9.17, 15) is 9.90 Å². The first-order valence-electron chi connectivity index (χ1n) is 9.94. The van der Waals surface area contributed by atoms with E-state index in [1.807, 2.05) is 49.5 Å². The standard InChI is InChI=1S/C23H26N4O2/c1-17-2-5-19(6-3-17)25-23(29)16-27-12-10-26(11-13-27)15-21-20-14-24-9-8-18(20)4-7-22(21)28/h2-9,14,28H,10-13,15-16H2,1H3,(H,25,29). The second-order valence-electron chi connectivity index (χ2n) is 7.63. The zero-order chi connectivity index (χ0) is 20.2. The summed E-state index contributed by atoms with van der Waals surface area (Å²) in [7, 11) is 0. The summed E-state index contributed by atoms with van der Waals surface area (Å²) in [5, 5.41) is 15.4. The van der Waals surface area contributed by atoms with Gasteiger partial charge in [-0.2, -0.15) is 0 Å². The van der Waals surface area contributed by atoms with Crippen molar-refractivity contribution in [2.45, 2.75) is 13.5 Å². The van der Waals surface area contributed by atoms with Crippen LogP contribution in [0.2, 0.25) is 0 Å². The van der Waals surface area contributed by atoms with Crippen molar-refractivity contribution in [1.29, 1.82) is 0 Å². The summed E-state index contributed by atoms with van der Waals surface area (Å²) in [6.45, 7) is 6.46. The maximum absolute atomic E-state index is 12.3. The Balaban J connectivity index is 1.31. The number of aromatic hydroxyl groups is 1. The molecule has 0 saturated carbocycles. The maximum Gasteiger partial charge on any atom is 0.238 e. The smallest absolute Gasteiger partial charge is 0.238 e. The van der Waals surface area contributed by atoms with E-state index in [2.05, 4.69) is 20.1 Å². The highest BCUT2D eigenvalue weighted by molar-refractivity contribution is 5.92. The molecule has 1 amide bonds. The average molecular weight is 390 g/mol. The molecule has 1 fully saturated rings. The molecule has 0 unspecified atom stereocenters. The Hall–Kier alpha value is -2.96. The first-order chi connectivity index (χ1) is 14.1. The van der Waals surface area contributed by atoms with Gasteiger partial charge < -0.3 is 10.4 Å². The van der Waals surface area contributed by atoms with E-state index in [4.69, 9.17) is 0 Å². The predicted molar refractivity (Wildman–Crippen MR) is 115 cm³/mol. The molecule has 3 aromatic rings. The topological polar surface area (TPSA) is 68.7 Å². The van der Waals surface area contributed by atoms with Crippen molar-refractivity contribution in [3.8, 4) is 5.75 Å². The third-order valence-corrected chi connectivity index (χ3v) is 5.46. The van der Waals surface area contributed by atoms with E-state index in [1.54, 1.807) is 12.3 Å². The summed E-state index contributed by atoms with van der Waals surface area (Å²) < 4.78 is 0. The van der Waals surface area contributed by atoms with Gasteiger partial charge in [-0.1, -0.05) is 23.8 Å². The fourth-order valence-electron chi connectivity index (χ4n) is 3.75. The van der Waals surface area contributed by atoms with E-state index in [0.717, 1.165) is 48.2 Å². The Bertz CT molecular complexity index is 995. The Morgan fingerprint density at radius 2 is 1.76 bits per heavy atom. The number of amides is 1. The van der Waals surface area contributed by atoms with Gasteiger partial charge in [0.05, 0.1) is 6.54 Å². The predicted octanol–water partition coefficient (Wildman–Crippen LogP) is 3.01. The lowest BCUT2D eigenvalue weighted by Crippen LogP contribution is -2.48. The number of phenols is 1. The molecule has 6 heteroatoms. The van der Waals surface area contributed by atoms with E-state index >= 15 is 0 Å². The molecule has 0 atom stereocenters. The highest BCUT2D eigenvalue weighted by Gasteiger charge is 2.20. The molecule has 1 aliphatic heterocycles. The number of anilines is 1. The molecule has 2 N–H and O–H groups in total. The van der Waals surface area contributed by atoms with Crippen molar-refractivity contribution in [1.82, 2.24) is 14.8 Å². The Morgan fingerprint density at radius 3 is 2.52 bits per heavy atom. The molecule has 4 rings (SSSR count). The fraction of sp³-hybridized carbons (Fsp3) is 0.304. The van der Waals surface area contributed by atoms with Crippen LogP contribution in [0.15, 0.2) is 54.9 Å². The van der Waals surface area contributed by atoms with Gasteiger partial charge >= 0.3 is 0 Å². The van der Waals surface area contributed by atoms with Gasteiger partial charge in [0, 0.05) is 61.8 Å². The lowest BCUT2D eigenvalue weighted by atomic mass is 10.0. The molecule has 0 radical (unpaired) electrons. The van der Waals surface area contributed by atoms with Gasteiger partial charge in [0.1, 0.15) is 5.75 Å². The molecule has 1 aromatic heterocycles. The number of piperazine rings is 1. The monoisotopic (exact) mass is 390 g/mol. The Morgan fingerprint density at radius 1 is 1.03 bits per heavy atom. The minimum absolute atomic E-state index is 0.0140. The number of pyridine rings is 1. The Kier molecular flexibility index (Phi) is 5.74. The van der Waals surface area contributed by atoms with E-state index in [-0.39, 0.29) is 5.91 Å². The van der Waals surface area contributed by atoms with Gasteiger partial charge in [-0.3, -0.25) is 19.6 Å². The minimum atomic E-state index is 0.0140. The number of phenolic OH excluding ortho intramolecular Hbond substituents is 1. The highest BCUT2D eigenvalue weighted by atomic mass is 16.3. The second kappa shape index (κ2) is 8.59. The molecule has 0 bridgehead atoms. The number of benzene rings is 2. The van der Waals surface area contributed by atoms with Gasteiger partial charge in [0.2, 0.25) is 5.91 Å². The minimum Gasteiger partial charge on any atom is -0.508 e.